The topological polar surface area (TPSA) is 91.3 Å². The normalized spacial score (nSPS) is 25.8. The lowest BCUT2D eigenvalue weighted by atomic mass is 9.89. The van der Waals surface area contributed by atoms with Crippen LogP contribution in [0.4, 0.5) is 0 Å². The summed E-state index contributed by atoms with van der Waals surface area (Å²) >= 11 is 0. The van der Waals surface area contributed by atoms with E-state index in [2.05, 4.69) is 31.2 Å². The fourth-order valence-corrected chi connectivity index (χ4v) is 5.50. The quantitative estimate of drug-likeness (QED) is 0.140. The number of aliphatic hydroxyl groups is 1. The summed E-state index contributed by atoms with van der Waals surface area (Å²) in [6.07, 6.45) is 17.3. The lowest BCUT2D eigenvalue weighted by molar-refractivity contribution is -0.179. The number of ether oxygens (including phenoxy) is 4. The van der Waals surface area contributed by atoms with Crippen molar-refractivity contribution in [3.8, 4) is 0 Å². The lowest BCUT2D eigenvalue weighted by Gasteiger charge is -2.27. The molecule has 1 saturated heterocycles. The summed E-state index contributed by atoms with van der Waals surface area (Å²) in [5.74, 6) is -0.820. The highest BCUT2D eigenvalue weighted by atomic mass is 16.7. The minimum Gasteiger partial charge on any atom is -0.469 e. The van der Waals surface area contributed by atoms with Gasteiger partial charge in [-0.25, -0.2) is 4.79 Å². The zero-order chi connectivity index (χ0) is 28.6. The van der Waals surface area contributed by atoms with Crippen LogP contribution in [0.1, 0.15) is 94.3 Å². The third kappa shape index (κ3) is 10.8. The van der Waals surface area contributed by atoms with Gasteiger partial charge in [-0.15, -0.1) is 0 Å². The molecule has 0 radical (unpaired) electrons. The number of carbonyl (C=O) groups excluding carboxylic acids is 2. The first kappa shape index (κ1) is 32.0. The minimum atomic E-state index is -0.593. The molecule has 1 N–H and O–H groups in total. The standard InChI is InChI=1S/C33H48O7/c1-3-4-8-17-26(39-32-20-13-14-23-38-32)21-22-28-27(18-11-5-6-12-19-31(35)37-2)29(34)24-30(28)40-33(36)25-15-9-7-10-16-25/h5,7,9-11,15-16,21-22,26-30,32,34H,3-4,6,8,12-14,17-20,23-24H2,1-2H3/b11-5-,22-21+/t26-,27-,28-,29+,30-,32?/m1/s1. The van der Waals surface area contributed by atoms with Crippen molar-refractivity contribution in [3.63, 3.8) is 0 Å². The van der Waals surface area contributed by atoms with E-state index in [1.165, 1.54) is 7.11 Å². The number of hydrogen-bond acceptors (Lipinski definition) is 7. The second-order valence-corrected chi connectivity index (χ2v) is 10.9. The third-order valence-electron chi connectivity index (χ3n) is 7.82. The van der Waals surface area contributed by atoms with Gasteiger partial charge in [0.15, 0.2) is 6.29 Å². The van der Waals surface area contributed by atoms with Gasteiger partial charge in [0.1, 0.15) is 6.10 Å². The summed E-state index contributed by atoms with van der Waals surface area (Å²) in [6.45, 7) is 2.92. The molecule has 1 aliphatic carbocycles. The molecule has 2 fully saturated rings. The van der Waals surface area contributed by atoms with Gasteiger partial charge in [0.2, 0.25) is 0 Å². The number of methoxy groups -OCH3 is 1. The molecule has 0 amide bonds. The van der Waals surface area contributed by atoms with Crippen LogP contribution in [0, 0.1) is 11.8 Å². The van der Waals surface area contributed by atoms with Gasteiger partial charge in [-0.2, -0.15) is 0 Å². The van der Waals surface area contributed by atoms with Gasteiger partial charge in [-0.05, 0) is 63.0 Å². The number of allylic oxidation sites excluding steroid dienone is 2. The molecule has 7 heteroatoms. The van der Waals surface area contributed by atoms with Crippen molar-refractivity contribution in [2.24, 2.45) is 11.8 Å². The van der Waals surface area contributed by atoms with Gasteiger partial charge in [0.25, 0.3) is 0 Å². The van der Waals surface area contributed by atoms with Crippen LogP contribution < -0.4 is 0 Å². The Morgan fingerprint density at radius 2 is 1.95 bits per heavy atom. The van der Waals surface area contributed by atoms with Gasteiger partial charge < -0.3 is 24.1 Å². The number of aliphatic hydroxyl groups excluding tert-OH is 1. The predicted octanol–water partition coefficient (Wildman–Crippen LogP) is 6.55. The summed E-state index contributed by atoms with van der Waals surface area (Å²) in [7, 11) is 1.40. The van der Waals surface area contributed by atoms with Crippen molar-refractivity contribution in [2.45, 2.75) is 109 Å². The summed E-state index contributed by atoms with van der Waals surface area (Å²) in [5.41, 5.74) is 0.504. The molecule has 0 spiro atoms. The molecule has 2 aliphatic rings. The van der Waals surface area contributed by atoms with Crippen molar-refractivity contribution in [3.05, 3.63) is 60.2 Å². The van der Waals surface area contributed by atoms with Gasteiger partial charge >= 0.3 is 11.9 Å². The van der Waals surface area contributed by atoms with Gasteiger partial charge in [-0.3, -0.25) is 4.79 Å². The fraction of sp³-hybridized carbons (Fsp3) is 0.636. The Labute approximate surface area is 239 Å². The molecule has 1 aromatic carbocycles. The van der Waals surface area contributed by atoms with E-state index < -0.39 is 12.2 Å². The van der Waals surface area contributed by atoms with Crippen LogP contribution >= 0.6 is 0 Å². The fourth-order valence-electron chi connectivity index (χ4n) is 5.50. The first-order valence-electron chi connectivity index (χ1n) is 15.1. The molecule has 1 saturated carbocycles. The Hall–Kier alpha value is -2.48. The highest BCUT2D eigenvalue weighted by molar-refractivity contribution is 5.89. The van der Waals surface area contributed by atoms with Crippen LogP contribution in [-0.4, -0.2) is 55.4 Å². The zero-order valence-electron chi connectivity index (χ0n) is 24.2. The van der Waals surface area contributed by atoms with Crippen LogP contribution in [0.5, 0.6) is 0 Å². The Balaban J connectivity index is 1.71. The third-order valence-corrected chi connectivity index (χ3v) is 7.82. The van der Waals surface area contributed by atoms with Crippen LogP contribution in [0.25, 0.3) is 0 Å². The maximum atomic E-state index is 12.9. The highest BCUT2D eigenvalue weighted by Gasteiger charge is 2.43. The smallest absolute Gasteiger partial charge is 0.338 e. The van der Waals surface area contributed by atoms with Gasteiger partial charge in [0, 0.05) is 25.4 Å². The molecule has 3 rings (SSSR count). The molecule has 0 aromatic heterocycles. The van der Waals surface area contributed by atoms with Crippen LogP contribution in [0.3, 0.4) is 0 Å². The molecule has 40 heavy (non-hydrogen) atoms. The Kier molecular flexibility index (Phi) is 14.5. The number of esters is 2. The molecule has 1 unspecified atom stereocenters. The van der Waals surface area contributed by atoms with E-state index in [-0.39, 0.29) is 36.2 Å². The maximum Gasteiger partial charge on any atom is 0.338 e. The molecule has 0 bridgehead atoms. The minimum absolute atomic E-state index is 0.0904. The van der Waals surface area contributed by atoms with Crippen molar-refractivity contribution in [1.29, 1.82) is 0 Å². The second kappa shape index (κ2) is 18.1. The largest absolute Gasteiger partial charge is 0.469 e. The lowest BCUT2D eigenvalue weighted by Crippen LogP contribution is -2.28. The van der Waals surface area contributed by atoms with E-state index in [0.29, 0.717) is 24.8 Å². The summed E-state index contributed by atoms with van der Waals surface area (Å²) < 4.78 is 22.9. The van der Waals surface area contributed by atoms with E-state index in [1.807, 2.05) is 18.2 Å². The average molecular weight is 557 g/mol. The van der Waals surface area contributed by atoms with Gasteiger partial charge in [0.05, 0.1) is 24.9 Å². The molecular formula is C33H48O7. The van der Waals surface area contributed by atoms with E-state index >= 15 is 0 Å². The number of benzene rings is 1. The van der Waals surface area contributed by atoms with Crippen LogP contribution in [-0.2, 0) is 23.7 Å². The predicted molar refractivity (Wildman–Crippen MR) is 155 cm³/mol. The molecule has 222 valence electrons. The van der Waals surface area contributed by atoms with Crippen molar-refractivity contribution in [2.75, 3.05) is 13.7 Å². The van der Waals surface area contributed by atoms with E-state index in [0.717, 1.165) is 64.4 Å². The first-order valence-corrected chi connectivity index (χ1v) is 15.1. The molecule has 7 nitrogen and oxygen atoms in total. The Morgan fingerprint density at radius 1 is 1.12 bits per heavy atom. The Morgan fingerprint density at radius 3 is 2.67 bits per heavy atom. The average Bonchev–Trinajstić information content (AvgIpc) is 3.27. The number of unbranched alkanes of at least 4 members (excludes halogenated alkanes) is 3. The first-order chi connectivity index (χ1) is 19.5. The molecular weight excluding hydrogens is 508 g/mol. The number of rotatable bonds is 16. The maximum absolute atomic E-state index is 12.9. The zero-order valence-corrected chi connectivity index (χ0v) is 24.2. The van der Waals surface area contributed by atoms with Gasteiger partial charge in [-0.1, -0.05) is 68.7 Å². The van der Waals surface area contributed by atoms with Crippen LogP contribution in [0.15, 0.2) is 54.6 Å². The van der Waals surface area contributed by atoms with Crippen molar-refractivity contribution < 1.29 is 33.6 Å². The van der Waals surface area contributed by atoms with Crippen molar-refractivity contribution >= 4 is 11.9 Å². The molecule has 1 heterocycles. The number of hydrogen-bond donors (Lipinski definition) is 1. The van der Waals surface area contributed by atoms with Crippen LogP contribution in [0.2, 0.25) is 0 Å². The molecule has 1 aliphatic heterocycles. The molecule has 1 aromatic rings. The molecule has 6 atom stereocenters. The highest BCUT2D eigenvalue weighted by Crippen LogP contribution is 2.39. The summed E-state index contributed by atoms with van der Waals surface area (Å²) in [4.78, 5) is 24.3. The number of carbonyl (C=O) groups is 2. The SMILES string of the molecule is CCCCC[C@H](/C=C/[C@@H]1[C@@H](C/C=C\CCCC(=O)OC)[C@@H](O)C[C@H]1OC(=O)c1ccccc1)OC1CCCCO1. The second-order valence-electron chi connectivity index (χ2n) is 10.9. The monoisotopic (exact) mass is 556 g/mol. The van der Waals surface area contributed by atoms with E-state index in [9.17, 15) is 14.7 Å². The summed E-state index contributed by atoms with van der Waals surface area (Å²) in [6, 6.07) is 8.99. The van der Waals surface area contributed by atoms with Crippen molar-refractivity contribution in [1.82, 2.24) is 0 Å². The Bertz CT molecular complexity index is 922. The van der Waals surface area contributed by atoms with E-state index in [4.69, 9.17) is 18.9 Å². The van der Waals surface area contributed by atoms with E-state index in [1.54, 1.807) is 12.1 Å². The summed E-state index contributed by atoms with van der Waals surface area (Å²) in [5, 5.41) is 11.0.